The summed E-state index contributed by atoms with van der Waals surface area (Å²) in [6, 6.07) is 5.82. The van der Waals surface area contributed by atoms with Gasteiger partial charge in [-0.05, 0) is 24.6 Å². The van der Waals surface area contributed by atoms with Gasteiger partial charge in [-0.3, -0.25) is 9.48 Å². The number of carbonyl (C=O) groups excluding carboxylic acids is 1. The molecule has 0 aliphatic rings. The average Bonchev–Trinajstić information content (AvgIpc) is 2.87. The Morgan fingerprint density at radius 1 is 1.45 bits per heavy atom. The lowest BCUT2D eigenvalue weighted by atomic mass is 10.2. The van der Waals surface area contributed by atoms with Crippen LogP contribution in [0.5, 0.6) is 5.75 Å². The highest BCUT2D eigenvalue weighted by Gasteiger charge is 2.06. The molecule has 0 saturated carbocycles. The smallest absolute Gasteiger partial charge is 0.221 e. The van der Waals surface area contributed by atoms with E-state index in [1.807, 2.05) is 22.9 Å². The predicted octanol–water partition coefficient (Wildman–Crippen LogP) is 2.35. The van der Waals surface area contributed by atoms with E-state index in [0.717, 1.165) is 36.0 Å². The Kier molecular flexibility index (Phi) is 4.98. The quantitative estimate of drug-likeness (QED) is 0.789. The predicted molar refractivity (Wildman–Crippen MR) is 78.8 cm³/mol. The van der Waals surface area contributed by atoms with Crippen LogP contribution in [0.15, 0.2) is 24.4 Å². The fourth-order valence-corrected chi connectivity index (χ4v) is 2.07. The van der Waals surface area contributed by atoms with E-state index in [4.69, 9.17) is 4.74 Å². The number of benzene rings is 1. The van der Waals surface area contributed by atoms with Crippen LogP contribution in [0.25, 0.3) is 10.9 Å². The molecule has 0 atom stereocenters. The van der Waals surface area contributed by atoms with Crippen LogP contribution in [0.3, 0.4) is 0 Å². The maximum atomic E-state index is 11.7. The Bertz CT molecular complexity index is 578. The monoisotopic (exact) mass is 275 g/mol. The third-order valence-electron chi connectivity index (χ3n) is 3.25. The standard InChI is InChI=1S/C15H21N3O2/c1-3-4-8-16-15(19)7-9-18-14-6-5-13(20-2)10-12(14)11-17-18/h5-6,10-11H,3-4,7-9H2,1-2H3,(H,16,19). The Morgan fingerprint density at radius 2 is 2.30 bits per heavy atom. The van der Waals surface area contributed by atoms with Crippen molar-refractivity contribution in [2.24, 2.45) is 0 Å². The molecular formula is C15H21N3O2. The molecule has 0 aliphatic carbocycles. The molecule has 0 bridgehead atoms. The Morgan fingerprint density at radius 3 is 3.05 bits per heavy atom. The molecule has 1 amide bonds. The van der Waals surface area contributed by atoms with Gasteiger partial charge in [-0.1, -0.05) is 13.3 Å². The maximum absolute atomic E-state index is 11.7. The van der Waals surface area contributed by atoms with Gasteiger partial charge in [-0.25, -0.2) is 0 Å². The van der Waals surface area contributed by atoms with Crippen LogP contribution in [0.1, 0.15) is 26.2 Å². The van der Waals surface area contributed by atoms with E-state index >= 15 is 0 Å². The molecule has 108 valence electrons. The van der Waals surface area contributed by atoms with Gasteiger partial charge in [0.25, 0.3) is 0 Å². The number of hydrogen-bond donors (Lipinski definition) is 1. The van der Waals surface area contributed by atoms with Gasteiger partial charge in [-0.2, -0.15) is 5.10 Å². The van der Waals surface area contributed by atoms with Crippen molar-refractivity contribution in [3.05, 3.63) is 24.4 Å². The summed E-state index contributed by atoms with van der Waals surface area (Å²) in [6.07, 6.45) is 4.36. The summed E-state index contributed by atoms with van der Waals surface area (Å²) >= 11 is 0. The van der Waals surface area contributed by atoms with Crippen LogP contribution in [-0.2, 0) is 11.3 Å². The molecule has 20 heavy (non-hydrogen) atoms. The first-order chi connectivity index (χ1) is 9.74. The topological polar surface area (TPSA) is 56.2 Å². The number of aryl methyl sites for hydroxylation is 1. The Labute approximate surface area is 118 Å². The van der Waals surface area contributed by atoms with E-state index in [9.17, 15) is 4.79 Å². The number of methoxy groups -OCH3 is 1. The summed E-state index contributed by atoms with van der Waals surface area (Å²) in [5.41, 5.74) is 1.02. The van der Waals surface area contributed by atoms with Crippen molar-refractivity contribution >= 4 is 16.8 Å². The van der Waals surface area contributed by atoms with Crippen molar-refractivity contribution in [3.8, 4) is 5.75 Å². The molecule has 0 saturated heterocycles. The second kappa shape index (κ2) is 6.93. The van der Waals surface area contributed by atoms with Gasteiger partial charge < -0.3 is 10.1 Å². The van der Waals surface area contributed by atoms with Gasteiger partial charge in [0.05, 0.1) is 25.4 Å². The largest absolute Gasteiger partial charge is 0.497 e. The number of nitrogens with one attached hydrogen (secondary N) is 1. The van der Waals surface area contributed by atoms with Gasteiger partial charge in [0, 0.05) is 18.4 Å². The maximum Gasteiger partial charge on any atom is 0.221 e. The summed E-state index contributed by atoms with van der Waals surface area (Å²) in [4.78, 5) is 11.7. The zero-order valence-electron chi connectivity index (χ0n) is 12.1. The third kappa shape index (κ3) is 3.50. The summed E-state index contributed by atoms with van der Waals surface area (Å²) < 4.78 is 7.04. The van der Waals surface area contributed by atoms with Crippen molar-refractivity contribution in [2.45, 2.75) is 32.7 Å². The van der Waals surface area contributed by atoms with E-state index in [2.05, 4.69) is 17.3 Å². The van der Waals surface area contributed by atoms with Crippen LogP contribution in [0.2, 0.25) is 0 Å². The number of aromatic nitrogens is 2. The first-order valence-electron chi connectivity index (χ1n) is 7.01. The molecule has 0 radical (unpaired) electrons. The molecule has 5 nitrogen and oxygen atoms in total. The molecule has 0 spiro atoms. The van der Waals surface area contributed by atoms with Gasteiger partial charge in [0.2, 0.25) is 5.91 Å². The van der Waals surface area contributed by atoms with E-state index in [1.165, 1.54) is 0 Å². The highest BCUT2D eigenvalue weighted by molar-refractivity contribution is 5.80. The zero-order chi connectivity index (χ0) is 14.4. The number of amides is 1. The summed E-state index contributed by atoms with van der Waals surface area (Å²) in [5.74, 6) is 0.893. The fourth-order valence-electron chi connectivity index (χ4n) is 2.07. The molecule has 2 aromatic rings. The summed E-state index contributed by atoms with van der Waals surface area (Å²) in [5, 5.41) is 8.26. The van der Waals surface area contributed by atoms with Crippen molar-refractivity contribution in [1.29, 1.82) is 0 Å². The van der Waals surface area contributed by atoms with Gasteiger partial charge >= 0.3 is 0 Å². The van der Waals surface area contributed by atoms with Crippen molar-refractivity contribution in [2.75, 3.05) is 13.7 Å². The second-order valence-electron chi connectivity index (χ2n) is 4.75. The van der Waals surface area contributed by atoms with E-state index in [0.29, 0.717) is 13.0 Å². The van der Waals surface area contributed by atoms with E-state index < -0.39 is 0 Å². The number of fused-ring (bicyclic) bond motifs is 1. The number of ether oxygens (including phenoxy) is 1. The molecular weight excluding hydrogens is 254 g/mol. The molecule has 1 heterocycles. The van der Waals surface area contributed by atoms with Crippen molar-refractivity contribution in [1.82, 2.24) is 15.1 Å². The number of hydrogen-bond acceptors (Lipinski definition) is 3. The number of unbranched alkanes of at least 4 members (excludes halogenated alkanes) is 1. The average molecular weight is 275 g/mol. The highest BCUT2D eigenvalue weighted by atomic mass is 16.5. The first-order valence-corrected chi connectivity index (χ1v) is 7.01. The zero-order valence-corrected chi connectivity index (χ0v) is 12.1. The minimum absolute atomic E-state index is 0.0793. The minimum Gasteiger partial charge on any atom is -0.497 e. The highest BCUT2D eigenvalue weighted by Crippen LogP contribution is 2.20. The normalized spacial score (nSPS) is 10.7. The van der Waals surface area contributed by atoms with Gasteiger partial charge in [0.1, 0.15) is 5.75 Å². The lowest BCUT2D eigenvalue weighted by Crippen LogP contribution is -2.25. The van der Waals surface area contributed by atoms with Crippen LogP contribution in [-0.4, -0.2) is 29.3 Å². The van der Waals surface area contributed by atoms with Crippen LogP contribution in [0.4, 0.5) is 0 Å². The second-order valence-corrected chi connectivity index (χ2v) is 4.75. The molecule has 0 unspecified atom stereocenters. The SMILES string of the molecule is CCCCNC(=O)CCn1ncc2cc(OC)ccc21. The Balaban J connectivity index is 1.95. The summed E-state index contributed by atoms with van der Waals surface area (Å²) in [6.45, 7) is 3.45. The van der Waals surface area contributed by atoms with Crippen LogP contribution >= 0.6 is 0 Å². The van der Waals surface area contributed by atoms with Crippen molar-refractivity contribution in [3.63, 3.8) is 0 Å². The number of rotatable bonds is 7. The molecule has 5 heteroatoms. The first kappa shape index (κ1) is 14.4. The van der Waals surface area contributed by atoms with E-state index in [-0.39, 0.29) is 5.91 Å². The third-order valence-corrected chi connectivity index (χ3v) is 3.25. The Hall–Kier alpha value is -2.04. The lowest BCUT2D eigenvalue weighted by Gasteiger charge is -2.06. The molecule has 0 aliphatic heterocycles. The number of nitrogens with zero attached hydrogens (tertiary/aromatic N) is 2. The molecule has 1 N–H and O–H groups in total. The fraction of sp³-hybridized carbons (Fsp3) is 0.467. The van der Waals surface area contributed by atoms with Crippen LogP contribution < -0.4 is 10.1 Å². The van der Waals surface area contributed by atoms with Crippen LogP contribution in [0, 0.1) is 0 Å². The summed E-state index contributed by atoms with van der Waals surface area (Å²) in [7, 11) is 1.65. The molecule has 1 aromatic carbocycles. The van der Waals surface area contributed by atoms with E-state index in [1.54, 1.807) is 13.3 Å². The molecule has 0 fully saturated rings. The van der Waals surface area contributed by atoms with Gasteiger partial charge in [0.15, 0.2) is 0 Å². The van der Waals surface area contributed by atoms with Crippen molar-refractivity contribution < 1.29 is 9.53 Å². The minimum atomic E-state index is 0.0793. The van der Waals surface area contributed by atoms with Gasteiger partial charge in [-0.15, -0.1) is 0 Å². The number of carbonyl (C=O) groups is 1. The lowest BCUT2D eigenvalue weighted by molar-refractivity contribution is -0.121. The molecule has 1 aromatic heterocycles. The molecule has 2 rings (SSSR count).